The van der Waals surface area contributed by atoms with Crippen molar-refractivity contribution in [2.24, 2.45) is 5.73 Å². The fourth-order valence-electron chi connectivity index (χ4n) is 2.75. The third-order valence-corrected chi connectivity index (χ3v) is 5.43. The van der Waals surface area contributed by atoms with E-state index in [9.17, 15) is 8.42 Å². The zero-order valence-electron chi connectivity index (χ0n) is 9.80. The van der Waals surface area contributed by atoms with Crippen LogP contribution in [-0.4, -0.2) is 31.5 Å². The van der Waals surface area contributed by atoms with Crippen LogP contribution in [0.4, 0.5) is 0 Å². The largest absolute Gasteiger partial charge is 0.330 e. The summed E-state index contributed by atoms with van der Waals surface area (Å²) in [6.07, 6.45) is 5.78. The smallest absolute Gasteiger partial charge is 0.151 e. The van der Waals surface area contributed by atoms with Crippen LogP contribution in [0.3, 0.4) is 0 Å². The summed E-state index contributed by atoms with van der Waals surface area (Å²) in [5, 5.41) is 0. The van der Waals surface area contributed by atoms with E-state index in [1.165, 1.54) is 0 Å². The fraction of sp³-hybridized carbons (Fsp3) is 0.583. The molecule has 17 heavy (non-hydrogen) atoms. The zero-order valence-corrected chi connectivity index (χ0v) is 10.6. The first kappa shape index (κ1) is 12.5. The molecule has 2 N–H and O–H groups in total. The maximum atomic E-state index is 11.9. The van der Waals surface area contributed by atoms with Crippen LogP contribution in [0.1, 0.15) is 24.8 Å². The van der Waals surface area contributed by atoms with Gasteiger partial charge in [0, 0.05) is 17.8 Å². The summed E-state index contributed by atoms with van der Waals surface area (Å²) in [6, 6.07) is 3.83. The standard InChI is InChI=1S/C12H18N2O2S/c13-6-5-12(11-2-7-14-8-3-11)4-1-9-17(15,16)10-12/h2-3,7-8H,1,4-6,9-10,13H2. The average molecular weight is 254 g/mol. The van der Waals surface area contributed by atoms with Crippen molar-refractivity contribution in [1.29, 1.82) is 0 Å². The predicted molar refractivity (Wildman–Crippen MR) is 67.5 cm³/mol. The summed E-state index contributed by atoms with van der Waals surface area (Å²) in [5.41, 5.74) is 6.42. The molecule has 1 unspecified atom stereocenters. The van der Waals surface area contributed by atoms with E-state index >= 15 is 0 Å². The number of aromatic nitrogens is 1. The van der Waals surface area contributed by atoms with Crippen molar-refractivity contribution in [3.05, 3.63) is 30.1 Å². The maximum Gasteiger partial charge on any atom is 0.151 e. The normalized spacial score (nSPS) is 27.8. The second-order valence-electron chi connectivity index (χ2n) is 4.75. The fourth-order valence-corrected chi connectivity index (χ4v) is 4.77. The van der Waals surface area contributed by atoms with Crippen LogP contribution < -0.4 is 5.73 Å². The Bertz CT molecular complexity index is 469. The zero-order chi connectivity index (χ0) is 12.4. The Kier molecular flexibility index (Phi) is 3.49. The predicted octanol–water partition coefficient (Wildman–Crippen LogP) is 0.877. The van der Waals surface area contributed by atoms with Gasteiger partial charge in [0.2, 0.25) is 0 Å². The monoisotopic (exact) mass is 254 g/mol. The van der Waals surface area contributed by atoms with Crippen LogP contribution >= 0.6 is 0 Å². The summed E-state index contributed by atoms with van der Waals surface area (Å²) in [5.74, 6) is 0.533. The highest BCUT2D eigenvalue weighted by Gasteiger charge is 2.39. The Labute approximate surface area is 102 Å². The molecule has 5 heteroatoms. The van der Waals surface area contributed by atoms with Gasteiger partial charge in [-0.3, -0.25) is 4.98 Å². The number of hydrogen-bond donors (Lipinski definition) is 1. The van der Waals surface area contributed by atoms with Gasteiger partial charge in [0.1, 0.15) is 0 Å². The van der Waals surface area contributed by atoms with Crippen molar-refractivity contribution in [2.45, 2.75) is 24.7 Å². The van der Waals surface area contributed by atoms with E-state index in [0.717, 1.165) is 24.8 Å². The van der Waals surface area contributed by atoms with Crippen LogP contribution in [0, 0.1) is 0 Å². The van der Waals surface area contributed by atoms with Gasteiger partial charge in [-0.1, -0.05) is 0 Å². The second-order valence-corrected chi connectivity index (χ2v) is 6.93. The molecule has 0 saturated carbocycles. The van der Waals surface area contributed by atoms with Gasteiger partial charge < -0.3 is 5.73 Å². The lowest BCUT2D eigenvalue weighted by molar-refractivity contribution is 0.386. The van der Waals surface area contributed by atoms with Gasteiger partial charge in [-0.15, -0.1) is 0 Å². The number of hydrogen-bond acceptors (Lipinski definition) is 4. The summed E-state index contributed by atoms with van der Waals surface area (Å²) < 4.78 is 23.7. The summed E-state index contributed by atoms with van der Waals surface area (Å²) in [7, 11) is -2.94. The molecule has 1 aliphatic heterocycles. The molecule has 1 aromatic heterocycles. The van der Waals surface area contributed by atoms with Crippen LogP contribution in [0.25, 0.3) is 0 Å². The minimum absolute atomic E-state index is 0.223. The average Bonchev–Trinajstić information content (AvgIpc) is 2.29. The number of nitrogens with zero attached hydrogens (tertiary/aromatic N) is 1. The molecule has 0 amide bonds. The van der Waals surface area contributed by atoms with Crippen molar-refractivity contribution >= 4 is 9.84 Å². The second kappa shape index (κ2) is 4.74. The van der Waals surface area contributed by atoms with Gasteiger partial charge in [-0.05, 0) is 43.5 Å². The van der Waals surface area contributed by atoms with Crippen LogP contribution in [0.15, 0.2) is 24.5 Å². The van der Waals surface area contributed by atoms with Crippen molar-refractivity contribution in [2.75, 3.05) is 18.1 Å². The van der Waals surface area contributed by atoms with Gasteiger partial charge in [-0.2, -0.15) is 0 Å². The van der Waals surface area contributed by atoms with Crippen molar-refractivity contribution in [3.63, 3.8) is 0 Å². The van der Waals surface area contributed by atoms with Gasteiger partial charge >= 0.3 is 0 Å². The van der Waals surface area contributed by atoms with E-state index in [2.05, 4.69) is 4.98 Å². The highest BCUT2D eigenvalue weighted by atomic mass is 32.2. The third kappa shape index (κ3) is 2.66. The van der Waals surface area contributed by atoms with E-state index in [1.807, 2.05) is 12.1 Å². The van der Waals surface area contributed by atoms with Gasteiger partial charge in [0.05, 0.1) is 11.5 Å². The maximum absolute atomic E-state index is 11.9. The molecule has 0 bridgehead atoms. The first-order valence-electron chi connectivity index (χ1n) is 5.89. The van der Waals surface area contributed by atoms with Crippen molar-refractivity contribution in [1.82, 2.24) is 4.98 Å². The Balaban J connectivity index is 2.39. The Morgan fingerprint density at radius 2 is 2.06 bits per heavy atom. The molecule has 1 fully saturated rings. The van der Waals surface area contributed by atoms with Crippen molar-refractivity contribution < 1.29 is 8.42 Å². The molecule has 1 aromatic rings. The molecule has 4 nitrogen and oxygen atoms in total. The highest BCUT2D eigenvalue weighted by Crippen LogP contribution is 2.37. The molecule has 1 saturated heterocycles. The first-order chi connectivity index (χ1) is 8.08. The van der Waals surface area contributed by atoms with Crippen molar-refractivity contribution in [3.8, 4) is 0 Å². The van der Waals surface area contributed by atoms with E-state index in [-0.39, 0.29) is 11.2 Å². The molecular weight excluding hydrogens is 236 g/mol. The van der Waals surface area contributed by atoms with Gasteiger partial charge in [0.25, 0.3) is 0 Å². The lowest BCUT2D eigenvalue weighted by atomic mass is 9.76. The van der Waals surface area contributed by atoms with Gasteiger partial charge in [0.15, 0.2) is 9.84 Å². The topological polar surface area (TPSA) is 73.0 Å². The Hall–Kier alpha value is -0.940. The molecule has 94 valence electrons. The summed E-state index contributed by atoms with van der Waals surface area (Å²) in [4.78, 5) is 3.99. The Morgan fingerprint density at radius 1 is 1.35 bits per heavy atom. The van der Waals surface area contributed by atoms with E-state index < -0.39 is 9.84 Å². The molecule has 2 heterocycles. The third-order valence-electron chi connectivity index (χ3n) is 3.52. The molecule has 1 atom stereocenters. The van der Waals surface area contributed by atoms with Gasteiger partial charge in [-0.25, -0.2) is 8.42 Å². The first-order valence-corrected chi connectivity index (χ1v) is 7.71. The lowest BCUT2D eigenvalue weighted by Crippen LogP contribution is -2.41. The molecule has 0 aromatic carbocycles. The number of pyridine rings is 1. The highest BCUT2D eigenvalue weighted by molar-refractivity contribution is 7.91. The van der Waals surface area contributed by atoms with Crippen LogP contribution in [-0.2, 0) is 15.3 Å². The van der Waals surface area contributed by atoms with E-state index in [1.54, 1.807) is 12.4 Å². The summed E-state index contributed by atoms with van der Waals surface area (Å²) >= 11 is 0. The number of nitrogens with two attached hydrogens (primary N) is 1. The quantitative estimate of drug-likeness (QED) is 0.869. The molecule has 1 aliphatic rings. The minimum Gasteiger partial charge on any atom is -0.330 e. The van der Waals surface area contributed by atoms with Crippen LogP contribution in [0.5, 0.6) is 0 Å². The summed E-state index contributed by atoms with van der Waals surface area (Å²) in [6.45, 7) is 0.512. The van der Waals surface area contributed by atoms with Crippen LogP contribution in [0.2, 0.25) is 0 Å². The molecule has 2 rings (SSSR count). The lowest BCUT2D eigenvalue weighted by Gasteiger charge is -2.37. The number of rotatable bonds is 3. The Morgan fingerprint density at radius 3 is 2.65 bits per heavy atom. The molecular formula is C12H18N2O2S. The molecule has 0 radical (unpaired) electrons. The number of sulfone groups is 1. The molecule has 0 spiro atoms. The van der Waals surface area contributed by atoms with E-state index in [0.29, 0.717) is 12.3 Å². The molecule has 0 aliphatic carbocycles. The van der Waals surface area contributed by atoms with E-state index in [4.69, 9.17) is 5.73 Å². The minimum atomic E-state index is -2.94. The SMILES string of the molecule is NCCC1(c2ccncc2)CCCS(=O)(=O)C1.